The summed E-state index contributed by atoms with van der Waals surface area (Å²) < 4.78 is 285. The molecule has 3 aliphatic heterocycles. The van der Waals surface area contributed by atoms with Crippen LogP contribution < -0.4 is 0 Å². The second kappa shape index (κ2) is 44.6. The van der Waals surface area contributed by atoms with Crippen LogP contribution in [0.25, 0.3) is 0 Å². The quantitative estimate of drug-likeness (QED) is 0.0467. The largest absolute Gasteiger partial charge is 0.300 e. The zero-order valence-corrected chi connectivity index (χ0v) is 84.2. The second-order valence-corrected chi connectivity index (χ2v) is 51.8. The van der Waals surface area contributed by atoms with E-state index in [1.54, 1.807) is 130 Å². The normalized spacial score (nSPS) is 18.3. The van der Waals surface area contributed by atoms with Crippen molar-refractivity contribution < 1.29 is 75.8 Å². The third-order valence-corrected chi connectivity index (χ3v) is 41.9. The van der Waals surface area contributed by atoms with Crippen molar-refractivity contribution in [1.82, 2.24) is 58.3 Å². The fourth-order valence-corrected chi connectivity index (χ4v) is 28.7. The molecule has 0 aliphatic carbocycles. The SMILES string of the molecule is Cc1ccc(S(=O)(=O)N2CCN(CCN(CCN3CCN(S(=O)(=O)c4ccc(C)cc4)CCN(S(=O)(=O)c4ccc(C)cc4)CCN(S(=O)(=O)c4ccc(C)cc4)CC3)CCN3CCN(S(=O)(=O)c4ccc(C)cc4)CCN(S(=O)(=O)c4ccc(C)cc4)CCN(S(=O)(=O)c4ccc(C)cc4)CC3)CCN(S(=O)(=O)c3ccc(C)cc3)CCN(S(=O)(=O)c3ccc(C)cc3)CC2)cc1. The summed E-state index contributed by atoms with van der Waals surface area (Å²) >= 11 is 0. The Morgan fingerprint density at radius 2 is 0.248 bits per heavy atom. The molecule has 3 heterocycles. The van der Waals surface area contributed by atoms with E-state index in [4.69, 9.17) is 0 Å². The summed E-state index contributed by atoms with van der Waals surface area (Å²) in [5, 5.41) is 0. The summed E-state index contributed by atoms with van der Waals surface area (Å²) in [7, 11) is -40.0. The van der Waals surface area contributed by atoms with Gasteiger partial charge in [-0.1, -0.05) is 159 Å². The highest BCUT2D eigenvalue weighted by Crippen LogP contribution is 2.30. The van der Waals surface area contributed by atoms with E-state index in [0.717, 1.165) is 63.0 Å². The highest BCUT2D eigenvalue weighted by Gasteiger charge is 2.39. The number of benzene rings is 9. The lowest BCUT2D eigenvalue weighted by Gasteiger charge is -2.36. The Bertz CT molecular complexity index is 5650. The molecular weight excluding hydrogens is 1880 g/mol. The third kappa shape index (κ3) is 26.3. The predicted molar refractivity (Wildman–Crippen MR) is 515 cm³/mol. The number of nitrogens with zero attached hydrogens (tertiary/aromatic N) is 13. The molecule has 0 N–H and O–H groups in total. The van der Waals surface area contributed by atoms with Crippen LogP contribution >= 0.6 is 0 Å². The molecule has 12 rings (SSSR count). The van der Waals surface area contributed by atoms with Crippen LogP contribution in [0.5, 0.6) is 0 Å². The van der Waals surface area contributed by atoms with Gasteiger partial charge in [-0.3, -0.25) is 19.6 Å². The molecule has 40 heteroatoms. The lowest BCUT2D eigenvalue weighted by atomic mass is 10.2. The van der Waals surface area contributed by atoms with Gasteiger partial charge in [0, 0.05) is 196 Å². The number of sulfonamides is 9. The highest BCUT2D eigenvalue weighted by molar-refractivity contribution is 7.91. The molecule has 0 radical (unpaired) electrons. The van der Waals surface area contributed by atoms with Crippen molar-refractivity contribution in [1.29, 1.82) is 0 Å². The zero-order valence-electron chi connectivity index (χ0n) is 76.8. The lowest BCUT2D eigenvalue weighted by molar-refractivity contribution is 0.139. The van der Waals surface area contributed by atoms with E-state index in [9.17, 15) is 0 Å². The fourth-order valence-electron chi connectivity index (χ4n) is 15.9. The summed E-state index contributed by atoms with van der Waals surface area (Å²) in [5.74, 6) is 0. The van der Waals surface area contributed by atoms with Crippen LogP contribution in [0, 0.1) is 62.3 Å². The van der Waals surface area contributed by atoms with E-state index >= 15 is 75.8 Å². The minimum atomic E-state index is -4.44. The highest BCUT2D eigenvalue weighted by atomic mass is 32.2. The predicted octanol–water partition coefficient (Wildman–Crippen LogP) is 8.23. The molecule has 31 nitrogen and oxygen atoms in total. The van der Waals surface area contributed by atoms with Crippen LogP contribution in [0.15, 0.2) is 262 Å². The molecule has 0 unspecified atom stereocenters. The van der Waals surface area contributed by atoms with Gasteiger partial charge in [-0.05, 0) is 172 Å². The van der Waals surface area contributed by atoms with Gasteiger partial charge in [-0.2, -0.15) is 38.7 Å². The summed E-state index contributed by atoms with van der Waals surface area (Å²) in [5.41, 5.74) is 6.99. The van der Waals surface area contributed by atoms with Crippen molar-refractivity contribution in [2.24, 2.45) is 0 Å². The molecule has 0 saturated carbocycles. The Labute approximate surface area is 789 Å². The fraction of sp³-hybridized carbons (Fsp3) is 0.419. The standard InChI is InChI=1S/C93H123N13O18S9/c1-76-10-28-85(29-11-76)125(107,108)98-58-52-95(53-59-99(126(109,110)86-30-12-77(2)13-31-86)65-71-104(70-64-98)131(119,120)91-40-22-82(7)23-41-91)49-46-94(47-50-96-54-60-100(127(111,112)87-32-14-78(3)15-33-87)66-72-105(132(121,122)92-42-24-83(8)25-43-92)73-67-101(61-55-96)128(113,114)88-34-16-79(4)17-35-88)48-51-97-56-62-102(129(115,116)89-36-18-80(5)19-37-89)68-74-106(133(123,124)93-44-26-84(9)27-45-93)75-69-103(63-57-97)130(117,118)90-38-20-81(6)21-39-90/h10-45H,46-75H2,1-9H3. The Kier molecular flexibility index (Phi) is 34.9. The Hall–Kier alpha value is -7.99. The van der Waals surface area contributed by atoms with Gasteiger partial charge < -0.3 is 0 Å². The number of hydrogen-bond donors (Lipinski definition) is 0. The zero-order chi connectivity index (χ0) is 96.1. The van der Waals surface area contributed by atoms with Crippen molar-refractivity contribution in [3.8, 4) is 0 Å². The van der Waals surface area contributed by atoms with Crippen molar-refractivity contribution in [2.75, 3.05) is 196 Å². The molecule has 3 aliphatic rings. The van der Waals surface area contributed by atoms with Crippen LogP contribution in [0.2, 0.25) is 0 Å². The van der Waals surface area contributed by atoms with E-state index < -0.39 is 129 Å². The van der Waals surface area contributed by atoms with Gasteiger partial charge in [-0.15, -0.1) is 0 Å². The maximum atomic E-state index is 15.3. The summed E-state index contributed by atoms with van der Waals surface area (Å²) in [6.07, 6.45) is 0. The Morgan fingerprint density at radius 1 is 0.158 bits per heavy atom. The molecule has 3 fully saturated rings. The molecule has 0 spiro atoms. The van der Waals surface area contributed by atoms with Crippen molar-refractivity contribution >= 4 is 90.2 Å². The van der Waals surface area contributed by atoms with Crippen molar-refractivity contribution in [2.45, 2.75) is 106 Å². The van der Waals surface area contributed by atoms with E-state index in [0.29, 0.717) is 0 Å². The summed E-state index contributed by atoms with van der Waals surface area (Å²) in [6.45, 7) is 10.1. The van der Waals surface area contributed by atoms with Crippen molar-refractivity contribution in [3.63, 3.8) is 0 Å². The molecule has 9 aromatic carbocycles. The molecule has 0 aromatic heterocycles. The smallest absolute Gasteiger partial charge is 0.243 e. The molecule has 133 heavy (non-hydrogen) atoms. The first-order valence-electron chi connectivity index (χ1n) is 44.4. The Balaban J connectivity index is 0.954. The molecular formula is C93H123N13O18S9. The first-order chi connectivity index (χ1) is 62.8. The van der Waals surface area contributed by atoms with Gasteiger partial charge in [0.15, 0.2) is 0 Å². The van der Waals surface area contributed by atoms with Gasteiger partial charge in [0.1, 0.15) is 0 Å². The third-order valence-electron chi connectivity index (χ3n) is 24.7. The molecule has 0 atom stereocenters. The molecule has 0 bridgehead atoms. The van der Waals surface area contributed by atoms with Crippen LogP contribution in [0.3, 0.4) is 0 Å². The molecule has 0 amide bonds. The minimum Gasteiger partial charge on any atom is -0.300 e. The number of aryl methyl sites for hydroxylation is 9. The van der Waals surface area contributed by atoms with Gasteiger partial charge in [0.25, 0.3) is 0 Å². The number of rotatable bonds is 27. The average molecular weight is 2000 g/mol. The van der Waals surface area contributed by atoms with Gasteiger partial charge in [0.05, 0.1) is 44.1 Å². The topological polar surface area (TPSA) is 349 Å². The monoisotopic (exact) mass is 2000 g/mol. The van der Waals surface area contributed by atoms with Crippen LogP contribution in [-0.4, -0.2) is 330 Å². The van der Waals surface area contributed by atoms with E-state index in [2.05, 4.69) is 4.90 Å². The van der Waals surface area contributed by atoms with Gasteiger partial charge >= 0.3 is 0 Å². The maximum Gasteiger partial charge on any atom is 0.243 e. The van der Waals surface area contributed by atoms with E-state index in [1.807, 2.05) is 56.2 Å². The van der Waals surface area contributed by atoms with E-state index in [1.165, 1.54) is 135 Å². The van der Waals surface area contributed by atoms with Crippen molar-refractivity contribution in [3.05, 3.63) is 268 Å². The average Bonchev–Trinajstić information content (AvgIpc) is 0.797. The molecule has 3 saturated heterocycles. The first kappa shape index (κ1) is 104. The Morgan fingerprint density at radius 3 is 0.346 bits per heavy atom. The second-order valence-electron chi connectivity index (χ2n) is 34.3. The molecule has 722 valence electrons. The van der Waals surface area contributed by atoms with Crippen LogP contribution in [0.1, 0.15) is 50.1 Å². The minimum absolute atomic E-state index is 0.0606. The maximum absolute atomic E-state index is 15.3. The lowest BCUT2D eigenvalue weighted by Crippen LogP contribution is -2.52. The molecule has 9 aromatic rings. The van der Waals surface area contributed by atoms with E-state index in [-0.39, 0.29) is 201 Å². The van der Waals surface area contributed by atoms with Gasteiger partial charge in [0.2, 0.25) is 90.2 Å². The summed E-state index contributed by atoms with van der Waals surface area (Å²) in [4.78, 5) is 7.20. The first-order valence-corrected chi connectivity index (χ1v) is 57.3. The summed E-state index contributed by atoms with van der Waals surface area (Å²) in [6, 6.07) is 56.1. The van der Waals surface area contributed by atoms with Gasteiger partial charge in [-0.25, -0.2) is 75.8 Å². The number of hydrogen-bond acceptors (Lipinski definition) is 22. The van der Waals surface area contributed by atoms with Crippen LogP contribution in [0.4, 0.5) is 0 Å². The van der Waals surface area contributed by atoms with Crippen LogP contribution in [-0.2, 0) is 90.2 Å².